The molecule has 0 saturated heterocycles. The fourth-order valence-electron chi connectivity index (χ4n) is 4.52. The molecule has 2 amide bonds. The van der Waals surface area contributed by atoms with Crippen LogP contribution in [0.1, 0.15) is 46.5 Å². The zero-order valence-electron chi connectivity index (χ0n) is 22.4. The van der Waals surface area contributed by atoms with Gasteiger partial charge in [0, 0.05) is 5.56 Å². The summed E-state index contributed by atoms with van der Waals surface area (Å²) in [4.78, 5) is 23.8. The molecule has 42 heavy (non-hydrogen) atoms. The van der Waals surface area contributed by atoms with E-state index in [-0.39, 0.29) is 49.1 Å². The van der Waals surface area contributed by atoms with Crippen molar-refractivity contribution in [2.45, 2.75) is 48.7 Å². The van der Waals surface area contributed by atoms with Crippen molar-refractivity contribution >= 4 is 66.4 Å². The summed E-state index contributed by atoms with van der Waals surface area (Å²) >= 11 is 11.7. The Labute approximate surface area is 253 Å². The van der Waals surface area contributed by atoms with Crippen LogP contribution in [0.2, 0.25) is 10.0 Å². The second kappa shape index (κ2) is 12.1. The molecule has 0 spiro atoms. The van der Waals surface area contributed by atoms with Crippen molar-refractivity contribution in [3.63, 3.8) is 0 Å². The lowest BCUT2D eigenvalue weighted by atomic mass is 10.1. The number of benzene rings is 3. The molecule has 12 nitrogen and oxygen atoms in total. The Kier molecular flexibility index (Phi) is 9.06. The summed E-state index contributed by atoms with van der Waals surface area (Å²) in [5, 5.41) is 17.6. The number of amides is 2. The number of fused-ring (bicyclic) bond motifs is 2. The van der Waals surface area contributed by atoms with Gasteiger partial charge >= 0.3 is 0 Å². The number of nitrogens with one attached hydrogen (secondary N) is 3. The number of carbonyl (C=O) groups is 2. The van der Waals surface area contributed by atoms with Crippen LogP contribution in [0.3, 0.4) is 0 Å². The average Bonchev–Trinajstić information content (AvgIpc) is 3.22. The highest BCUT2D eigenvalue weighted by atomic mass is 35.5. The zero-order chi connectivity index (χ0) is 31.0. The third kappa shape index (κ3) is 6.80. The van der Waals surface area contributed by atoms with Crippen molar-refractivity contribution in [2.75, 3.05) is 10.3 Å². The van der Waals surface area contributed by atoms with E-state index in [9.17, 15) is 26.4 Å². The van der Waals surface area contributed by atoms with Crippen LogP contribution in [-0.4, -0.2) is 40.9 Å². The van der Waals surface area contributed by atoms with Crippen molar-refractivity contribution in [2.24, 2.45) is 10.3 Å². The first-order valence-corrected chi connectivity index (χ1v) is 16.4. The van der Waals surface area contributed by atoms with Crippen LogP contribution in [-0.2, 0) is 26.5 Å². The van der Waals surface area contributed by atoms with Gasteiger partial charge in [0.2, 0.25) is 20.0 Å². The zero-order valence-corrected chi connectivity index (χ0v) is 25.5. The summed E-state index contributed by atoms with van der Waals surface area (Å²) < 4.78 is 45.7. The molecule has 0 fully saturated rings. The third-order valence-electron chi connectivity index (χ3n) is 6.60. The van der Waals surface area contributed by atoms with Gasteiger partial charge in [-0.05, 0) is 61.7 Å². The minimum Gasteiger partial charge on any atom is -0.365 e. The summed E-state index contributed by atoms with van der Waals surface area (Å²) in [7, 11) is -7.95. The highest BCUT2D eigenvalue weighted by Gasteiger charge is 2.28. The number of hydrazine groups is 1. The van der Waals surface area contributed by atoms with E-state index in [1.165, 1.54) is 30.3 Å². The quantitative estimate of drug-likeness (QED) is 0.277. The lowest BCUT2D eigenvalue weighted by molar-refractivity contribution is 0.0930. The van der Waals surface area contributed by atoms with Crippen LogP contribution in [0, 0.1) is 0 Å². The van der Waals surface area contributed by atoms with Crippen LogP contribution in [0.4, 0.5) is 11.4 Å². The Balaban J connectivity index is 0.000000201. The highest BCUT2D eigenvalue weighted by molar-refractivity contribution is 7.89. The molecular weight excluding hydrogens is 627 g/mol. The number of nitrogens with zero attached hydrogens (tertiary/aromatic N) is 1. The highest BCUT2D eigenvalue weighted by Crippen LogP contribution is 2.31. The number of hydrogen-bond donors (Lipinski definition) is 5. The van der Waals surface area contributed by atoms with Gasteiger partial charge in [-0.25, -0.2) is 27.1 Å². The smallest absolute Gasteiger partial charge is 0.269 e. The predicted octanol–water partition coefficient (Wildman–Crippen LogP) is 2.96. The summed E-state index contributed by atoms with van der Waals surface area (Å²) in [6, 6.07) is 14.5. The van der Waals surface area contributed by atoms with Gasteiger partial charge < -0.3 is 10.6 Å². The van der Waals surface area contributed by atoms with Crippen molar-refractivity contribution in [1.29, 1.82) is 0 Å². The van der Waals surface area contributed by atoms with E-state index in [2.05, 4.69) is 16.1 Å². The lowest BCUT2D eigenvalue weighted by Gasteiger charge is -2.27. The standard InChI is InChI=1S/C16H16ClN3O3S.C10H12ClN3O3S/c1-10-8-11-4-2-3-5-14(11)20(10)19-16(21)12-6-7-13(17)15(9-12)24(18,22)23;1-2-9-13-7-4-6(11)8(18(12,16)17)3-5(7)10(15)14-9/h2-7,9-10H,8H2,1H3,(H,19,21)(H2,18,22,23);3-4,9,13H,2H2,1H3,(H,14,15)(H2,12,16,17). The van der Waals surface area contributed by atoms with Crippen molar-refractivity contribution < 1.29 is 26.4 Å². The monoisotopic (exact) mass is 654 g/mol. The molecule has 3 aromatic rings. The molecule has 0 aromatic heterocycles. The van der Waals surface area contributed by atoms with Crippen LogP contribution in [0.25, 0.3) is 0 Å². The lowest BCUT2D eigenvalue weighted by Crippen LogP contribution is -2.45. The second-order valence-electron chi connectivity index (χ2n) is 9.63. The van der Waals surface area contributed by atoms with Crippen LogP contribution in [0.15, 0.2) is 64.4 Å². The molecule has 0 saturated carbocycles. The van der Waals surface area contributed by atoms with Gasteiger partial charge in [0.1, 0.15) is 9.79 Å². The molecule has 2 aliphatic heterocycles. The van der Waals surface area contributed by atoms with E-state index in [4.69, 9.17) is 33.5 Å². The van der Waals surface area contributed by atoms with Gasteiger partial charge in [-0.1, -0.05) is 48.3 Å². The Morgan fingerprint density at radius 2 is 1.62 bits per heavy atom. The normalized spacial score (nSPS) is 17.7. The van der Waals surface area contributed by atoms with Crippen molar-refractivity contribution in [1.82, 2.24) is 10.7 Å². The first kappa shape index (κ1) is 31.5. The van der Waals surface area contributed by atoms with Gasteiger partial charge in [0.05, 0.1) is 39.2 Å². The van der Waals surface area contributed by atoms with E-state index in [0.29, 0.717) is 12.1 Å². The molecule has 2 heterocycles. The maximum Gasteiger partial charge on any atom is 0.269 e. The van der Waals surface area contributed by atoms with E-state index >= 15 is 0 Å². The molecule has 0 bridgehead atoms. The van der Waals surface area contributed by atoms with Crippen molar-refractivity contribution in [3.8, 4) is 0 Å². The number of nitrogens with two attached hydrogens (primary N) is 2. The number of rotatable bonds is 5. The number of halogens is 2. The van der Waals surface area contributed by atoms with E-state index in [1.807, 2.05) is 38.1 Å². The summed E-state index contributed by atoms with van der Waals surface area (Å²) in [6.07, 6.45) is 1.32. The van der Waals surface area contributed by atoms with Crippen molar-refractivity contribution in [3.05, 3.63) is 81.3 Å². The van der Waals surface area contributed by atoms with E-state index in [0.717, 1.165) is 17.7 Å². The number of sulfonamides is 2. The maximum atomic E-state index is 12.5. The molecule has 16 heteroatoms. The first-order chi connectivity index (χ1) is 19.6. The summed E-state index contributed by atoms with van der Waals surface area (Å²) in [6.45, 7) is 3.90. The largest absolute Gasteiger partial charge is 0.365 e. The van der Waals surface area contributed by atoms with Gasteiger partial charge in [0.25, 0.3) is 11.8 Å². The molecular formula is C26H28Cl2N6O6S2. The summed E-state index contributed by atoms with van der Waals surface area (Å²) in [5.74, 6) is -0.780. The SMILES string of the molecule is CC1Cc2ccccc2N1NC(=O)c1ccc(Cl)c(S(N)(=O)=O)c1.CCC1NC(=O)c2cc(S(N)(=O)=O)c(Cl)cc2N1. The number of anilines is 2. The van der Waals surface area contributed by atoms with E-state index < -0.39 is 26.0 Å². The molecule has 0 aliphatic carbocycles. The molecule has 224 valence electrons. The second-order valence-corrected chi connectivity index (χ2v) is 13.5. The fraction of sp³-hybridized carbons (Fsp3) is 0.231. The maximum absolute atomic E-state index is 12.5. The Hall–Kier alpha value is -3.40. The molecule has 2 aliphatic rings. The Bertz CT molecular complexity index is 1790. The first-order valence-electron chi connectivity index (χ1n) is 12.5. The van der Waals surface area contributed by atoms with Gasteiger partial charge in [-0.3, -0.25) is 20.0 Å². The molecule has 3 aromatic carbocycles. The third-order valence-corrected chi connectivity index (χ3v) is 9.36. The predicted molar refractivity (Wildman–Crippen MR) is 160 cm³/mol. The average molecular weight is 656 g/mol. The molecule has 5 rings (SSSR count). The number of para-hydroxylation sites is 1. The Morgan fingerprint density at radius 1 is 0.976 bits per heavy atom. The van der Waals surface area contributed by atoms with Gasteiger partial charge in [-0.15, -0.1) is 0 Å². The van der Waals surface area contributed by atoms with Crippen LogP contribution < -0.4 is 31.3 Å². The number of hydrogen-bond acceptors (Lipinski definition) is 8. The molecule has 2 unspecified atom stereocenters. The molecule has 0 radical (unpaired) electrons. The number of carbonyl (C=O) groups excluding carboxylic acids is 2. The molecule has 7 N–H and O–H groups in total. The summed E-state index contributed by atoms with van der Waals surface area (Å²) in [5.41, 5.74) is 5.77. The van der Waals surface area contributed by atoms with Crippen LogP contribution >= 0.6 is 23.2 Å². The number of primary sulfonamides is 2. The Morgan fingerprint density at radius 3 is 2.26 bits per heavy atom. The van der Waals surface area contributed by atoms with Crippen LogP contribution in [0.5, 0.6) is 0 Å². The van der Waals surface area contributed by atoms with Gasteiger partial charge in [-0.2, -0.15) is 0 Å². The van der Waals surface area contributed by atoms with E-state index in [1.54, 1.807) is 5.01 Å². The minimum atomic E-state index is -4.00. The van der Waals surface area contributed by atoms with Gasteiger partial charge in [0.15, 0.2) is 0 Å². The minimum absolute atomic E-state index is 0.00620. The fourth-order valence-corrected chi connectivity index (χ4v) is 6.69. The molecule has 2 atom stereocenters. The topological polar surface area (TPSA) is 194 Å².